The van der Waals surface area contributed by atoms with Crippen molar-refractivity contribution in [1.29, 1.82) is 0 Å². The second-order valence-corrected chi connectivity index (χ2v) is 4.30. The van der Waals surface area contributed by atoms with Gasteiger partial charge in [0, 0.05) is 19.6 Å². The number of piperidine rings is 1. The molecular formula is C11H20N2O3. The Morgan fingerprint density at radius 1 is 1.56 bits per heavy atom. The van der Waals surface area contributed by atoms with Crippen molar-refractivity contribution in [3.05, 3.63) is 0 Å². The molecule has 1 rings (SSSR count). The second kappa shape index (κ2) is 5.84. The Morgan fingerprint density at radius 3 is 2.75 bits per heavy atom. The zero-order valence-electron chi connectivity index (χ0n) is 9.69. The fraction of sp³-hybridized carbons (Fsp3) is 0.818. The number of carboxylic acids is 1. The van der Waals surface area contributed by atoms with Crippen molar-refractivity contribution >= 4 is 11.9 Å². The van der Waals surface area contributed by atoms with E-state index in [-0.39, 0.29) is 11.8 Å². The van der Waals surface area contributed by atoms with Gasteiger partial charge in [0.25, 0.3) is 0 Å². The van der Waals surface area contributed by atoms with Gasteiger partial charge < -0.3 is 15.7 Å². The molecule has 5 heteroatoms. The molecule has 1 amide bonds. The summed E-state index contributed by atoms with van der Waals surface area (Å²) in [5.41, 5.74) is 5.52. The van der Waals surface area contributed by atoms with Gasteiger partial charge in [-0.2, -0.15) is 0 Å². The molecule has 1 fully saturated rings. The van der Waals surface area contributed by atoms with E-state index in [1.807, 2.05) is 6.92 Å². The Morgan fingerprint density at radius 2 is 2.25 bits per heavy atom. The molecular weight excluding hydrogens is 208 g/mol. The highest BCUT2D eigenvalue weighted by atomic mass is 16.4. The standard InChI is InChI=1S/C11H20N2O3/c1-2-8(6-12)10(14)13-5-3-4-9(7-13)11(15)16/h8-9H,2-7,12H2,1H3,(H,15,16). The number of aliphatic carboxylic acids is 1. The molecule has 0 aromatic heterocycles. The largest absolute Gasteiger partial charge is 0.481 e. The number of hydrogen-bond donors (Lipinski definition) is 2. The van der Waals surface area contributed by atoms with Gasteiger partial charge in [-0.05, 0) is 19.3 Å². The number of carbonyl (C=O) groups is 2. The second-order valence-electron chi connectivity index (χ2n) is 4.30. The molecule has 1 aliphatic rings. The van der Waals surface area contributed by atoms with Crippen LogP contribution in [0, 0.1) is 11.8 Å². The van der Waals surface area contributed by atoms with E-state index in [2.05, 4.69) is 0 Å². The minimum Gasteiger partial charge on any atom is -0.481 e. The molecule has 1 heterocycles. The van der Waals surface area contributed by atoms with Crippen LogP contribution in [-0.2, 0) is 9.59 Å². The molecule has 0 saturated carbocycles. The van der Waals surface area contributed by atoms with Gasteiger partial charge in [0.15, 0.2) is 0 Å². The van der Waals surface area contributed by atoms with E-state index in [1.54, 1.807) is 4.90 Å². The molecule has 1 saturated heterocycles. The minimum atomic E-state index is -0.807. The average Bonchev–Trinajstić information content (AvgIpc) is 2.30. The normalized spacial score (nSPS) is 22.9. The SMILES string of the molecule is CCC(CN)C(=O)N1CCCC(C(=O)O)C1. The Hall–Kier alpha value is -1.10. The van der Waals surface area contributed by atoms with Gasteiger partial charge in [-0.3, -0.25) is 9.59 Å². The monoisotopic (exact) mass is 228 g/mol. The maximum Gasteiger partial charge on any atom is 0.308 e. The Labute approximate surface area is 95.6 Å². The summed E-state index contributed by atoms with van der Waals surface area (Å²) in [7, 11) is 0. The maximum atomic E-state index is 12.0. The lowest BCUT2D eigenvalue weighted by atomic mass is 9.96. The molecule has 0 aromatic carbocycles. The summed E-state index contributed by atoms with van der Waals surface area (Å²) in [5.74, 6) is -1.37. The number of likely N-dealkylation sites (tertiary alicyclic amines) is 1. The van der Waals surface area contributed by atoms with Crippen molar-refractivity contribution in [3.8, 4) is 0 Å². The number of carboxylic acid groups (broad SMARTS) is 1. The van der Waals surface area contributed by atoms with Gasteiger partial charge in [0.05, 0.1) is 11.8 Å². The summed E-state index contributed by atoms with van der Waals surface area (Å²) in [4.78, 5) is 24.5. The molecule has 3 N–H and O–H groups in total. The highest BCUT2D eigenvalue weighted by molar-refractivity contribution is 5.80. The van der Waals surface area contributed by atoms with Crippen LogP contribution in [0.4, 0.5) is 0 Å². The molecule has 5 nitrogen and oxygen atoms in total. The number of amides is 1. The zero-order chi connectivity index (χ0) is 12.1. The van der Waals surface area contributed by atoms with E-state index < -0.39 is 11.9 Å². The summed E-state index contributed by atoms with van der Waals surface area (Å²) in [6.45, 7) is 3.27. The van der Waals surface area contributed by atoms with Crippen LogP contribution in [0.3, 0.4) is 0 Å². The van der Waals surface area contributed by atoms with E-state index in [9.17, 15) is 9.59 Å². The number of nitrogens with zero attached hydrogens (tertiary/aromatic N) is 1. The van der Waals surface area contributed by atoms with Crippen molar-refractivity contribution in [2.45, 2.75) is 26.2 Å². The van der Waals surface area contributed by atoms with Crippen molar-refractivity contribution in [3.63, 3.8) is 0 Å². The Balaban J connectivity index is 2.59. The van der Waals surface area contributed by atoms with Crippen LogP contribution in [0.2, 0.25) is 0 Å². The van der Waals surface area contributed by atoms with Gasteiger partial charge in [-0.15, -0.1) is 0 Å². The number of nitrogens with two attached hydrogens (primary N) is 1. The van der Waals surface area contributed by atoms with Crippen LogP contribution < -0.4 is 5.73 Å². The lowest BCUT2D eigenvalue weighted by Crippen LogP contribution is -2.46. The third kappa shape index (κ3) is 2.95. The first-order valence-corrected chi connectivity index (χ1v) is 5.81. The van der Waals surface area contributed by atoms with Crippen LogP contribution in [0.1, 0.15) is 26.2 Å². The molecule has 0 aromatic rings. The smallest absolute Gasteiger partial charge is 0.308 e. The zero-order valence-corrected chi connectivity index (χ0v) is 9.69. The van der Waals surface area contributed by atoms with Crippen LogP contribution >= 0.6 is 0 Å². The van der Waals surface area contributed by atoms with Crippen molar-refractivity contribution in [1.82, 2.24) is 4.90 Å². The molecule has 0 aliphatic carbocycles. The average molecular weight is 228 g/mol. The van der Waals surface area contributed by atoms with Gasteiger partial charge >= 0.3 is 5.97 Å². The molecule has 0 bridgehead atoms. The summed E-state index contributed by atoms with van der Waals surface area (Å²) in [6, 6.07) is 0. The Bertz CT molecular complexity index is 264. The summed E-state index contributed by atoms with van der Waals surface area (Å²) < 4.78 is 0. The first-order chi connectivity index (χ1) is 7.60. The number of rotatable bonds is 4. The van der Waals surface area contributed by atoms with Crippen LogP contribution in [0.5, 0.6) is 0 Å². The van der Waals surface area contributed by atoms with E-state index in [1.165, 1.54) is 0 Å². The van der Waals surface area contributed by atoms with Gasteiger partial charge in [-0.25, -0.2) is 0 Å². The van der Waals surface area contributed by atoms with E-state index in [0.29, 0.717) is 32.5 Å². The molecule has 16 heavy (non-hydrogen) atoms. The van der Waals surface area contributed by atoms with Gasteiger partial charge in [0.2, 0.25) is 5.91 Å². The van der Waals surface area contributed by atoms with Crippen molar-refractivity contribution < 1.29 is 14.7 Å². The third-order valence-electron chi connectivity index (χ3n) is 3.21. The van der Waals surface area contributed by atoms with Gasteiger partial charge in [0.1, 0.15) is 0 Å². The van der Waals surface area contributed by atoms with Crippen LogP contribution in [0.25, 0.3) is 0 Å². The van der Waals surface area contributed by atoms with E-state index >= 15 is 0 Å². The topological polar surface area (TPSA) is 83.6 Å². The van der Waals surface area contributed by atoms with Crippen LogP contribution in [0.15, 0.2) is 0 Å². The van der Waals surface area contributed by atoms with Crippen molar-refractivity contribution in [2.75, 3.05) is 19.6 Å². The molecule has 1 aliphatic heterocycles. The lowest BCUT2D eigenvalue weighted by Gasteiger charge is -2.32. The summed E-state index contributed by atoms with van der Waals surface area (Å²) in [5, 5.41) is 8.93. The highest BCUT2D eigenvalue weighted by Gasteiger charge is 2.30. The predicted octanol–water partition coefficient (Wildman–Crippen LogP) is 0.295. The highest BCUT2D eigenvalue weighted by Crippen LogP contribution is 2.19. The van der Waals surface area contributed by atoms with Crippen LogP contribution in [-0.4, -0.2) is 41.5 Å². The van der Waals surface area contributed by atoms with E-state index in [0.717, 1.165) is 6.42 Å². The number of carbonyl (C=O) groups excluding carboxylic acids is 1. The molecule has 2 unspecified atom stereocenters. The predicted molar refractivity (Wildman–Crippen MR) is 59.8 cm³/mol. The van der Waals surface area contributed by atoms with Crippen molar-refractivity contribution in [2.24, 2.45) is 17.6 Å². The summed E-state index contributed by atoms with van der Waals surface area (Å²) in [6.07, 6.45) is 2.14. The first kappa shape index (κ1) is 13.0. The summed E-state index contributed by atoms with van der Waals surface area (Å²) >= 11 is 0. The Kier molecular flexibility index (Phi) is 4.73. The fourth-order valence-electron chi connectivity index (χ4n) is 2.08. The molecule has 92 valence electrons. The lowest BCUT2D eigenvalue weighted by molar-refractivity contribution is -0.146. The fourth-order valence-corrected chi connectivity index (χ4v) is 2.08. The molecule has 0 radical (unpaired) electrons. The quantitative estimate of drug-likeness (QED) is 0.724. The molecule has 2 atom stereocenters. The molecule has 0 spiro atoms. The minimum absolute atomic E-state index is 0.0101. The van der Waals surface area contributed by atoms with E-state index in [4.69, 9.17) is 10.8 Å². The third-order valence-corrected chi connectivity index (χ3v) is 3.21. The maximum absolute atomic E-state index is 12.0. The first-order valence-electron chi connectivity index (χ1n) is 5.81. The van der Waals surface area contributed by atoms with Gasteiger partial charge in [-0.1, -0.05) is 6.92 Å². The number of hydrogen-bond acceptors (Lipinski definition) is 3.